The Morgan fingerprint density at radius 2 is 2.21 bits per heavy atom. The lowest BCUT2D eigenvalue weighted by atomic mass is 10.1. The van der Waals surface area contributed by atoms with E-state index in [4.69, 9.17) is 10.3 Å². The quantitative estimate of drug-likeness (QED) is 0.611. The predicted octanol–water partition coefficient (Wildman–Crippen LogP) is 1.58. The van der Waals surface area contributed by atoms with E-state index in [2.05, 4.69) is 29.4 Å². The Morgan fingerprint density at radius 3 is 2.79 bits per heavy atom. The molecule has 0 bridgehead atoms. The van der Waals surface area contributed by atoms with Crippen LogP contribution in [0.25, 0.3) is 0 Å². The second-order valence-corrected chi connectivity index (χ2v) is 5.12. The Morgan fingerprint density at radius 1 is 1.42 bits per heavy atom. The van der Waals surface area contributed by atoms with Gasteiger partial charge in [0.05, 0.1) is 6.04 Å². The van der Waals surface area contributed by atoms with Gasteiger partial charge in [-0.15, -0.1) is 0 Å². The maximum atomic E-state index is 5.61. The minimum atomic E-state index is -0.0937. The van der Waals surface area contributed by atoms with Crippen molar-refractivity contribution in [3.63, 3.8) is 0 Å². The van der Waals surface area contributed by atoms with Crippen LogP contribution in [0.5, 0.6) is 0 Å². The summed E-state index contributed by atoms with van der Waals surface area (Å²) in [7, 11) is 0. The predicted molar refractivity (Wildman–Crippen MR) is 72.1 cm³/mol. The molecule has 0 radical (unpaired) electrons. The first-order valence-corrected chi connectivity index (χ1v) is 6.49. The van der Waals surface area contributed by atoms with E-state index < -0.39 is 0 Å². The highest BCUT2D eigenvalue weighted by molar-refractivity contribution is 5.11. The van der Waals surface area contributed by atoms with Crippen molar-refractivity contribution in [2.45, 2.75) is 39.8 Å². The number of aryl methyl sites for hydroxylation is 1. The van der Waals surface area contributed by atoms with E-state index in [1.54, 1.807) is 6.33 Å². The number of hydrazine groups is 1. The summed E-state index contributed by atoms with van der Waals surface area (Å²) in [6, 6.07) is 3.77. The highest BCUT2D eigenvalue weighted by atomic mass is 16.3. The number of hydrogen-bond acceptors (Lipinski definition) is 5. The Bertz CT molecular complexity index is 517. The highest BCUT2D eigenvalue weighted by Crippen LogP contribution is 2.19. The topological polar surface area (TPSA) is 81.9 Å². The fourth-order valence-electron chi connectivity index (χ4n) is 2.01. The van der Waals surface area contributed by atoms with Gasteiger partial charge in [-0.3, -0.25) is 5.84 Å². The third-order valence-electron chi connectivity index (χ3n) is 2.93. The van der Waals surface area contributed by atoms with Crippen LogP contribution in [-0.4, -0.2) is 14.8 Å². The van der Waals surface area contributed by atoms with Crippen LogP contribution >= 0.6 is 0 Å². The first kappa shape index (κ1) is 13.8. The van der Waals surface area contributed by atoms with Gasteiger partial charge in [-0.05, 0) is 25.0 Å². The van der Waals surface area contributed by atoms with Crippen LogP contribution in [0.3, 0.4) is 0 Å². The smallest absolute Gasteiger partial charge is 0.138 e. The van der Waals surface area contributed by atoms with Gasteiger partial charge in [-0.25, -0.2) is 15.1 Å². The van der Waals surface area contributed by atoms with Crippen molar-refractivity contribution >= 4 is 0 Å². The van der Waals surface area contributed by atoms with Gasteiger partial charge < -0.3 is 4.42 Å². The lowest BCUT2D eigenvalue weighted by Crippen LogP contribution is -2.30. The van der Waals surface area contributed by atoms with Crippen molar-refractivity contribution in [1.29, 1.82) is 0 Å². The van der Waals surface area contributed by atoms with E-state index in [-0.39, 0.29) is 6.04 Å². The molecule has 0 aliphatic carbocycles. The maximum absolute atomic E-state index is 5.61. The standard InChI is InChI=1S/C13H21N5O/c1-9(2)7-18-13(15-8-16-18)6-11(17-14)12-5-4-10(3)19-12/h4-5,8-9,11,17H,6-7,14H2,1-3H3. The summed E-state index contributed by atoms with van der Waals surface area (Å²) in [5, 5.41) is 4.25. The summed E-state index contributed by atoms with van der Waals surface area (Å²) in [6.07, 6.45) is 2.23. The van der Waals surface area contributed by atoms with Crippen molar-refractivity contribution in [3.05, 3.63) is 35.8 Å². The zero-order chi connectivity index (χ0) is 13.8. The number of hydrogen-bond donors (Lipinski definition) is 2. The van der Waals surface area contributed by atoms with Crippen molar-refractivity contribution in [1.82, 2.24) is 20.2 Å². The normalized spacial score (nSPS) is 13.1. The Labute approximate surface area is 113 Å². The van der Waals surface area contributed by atoms with Crippen LogP contribution in [0.4, 0.5) is 0 Å². The third-order valence-corrected chi connectivity index (χ3v) is 2.93. The minimum absolute atomic E-state index is 0.0937. The molecule has 6 heteroatoms. The van der Waals surface area contributed by atoms with E-state index in [0.717, 1.165) is 23.9 Å². The number of rotatable bonds is 6. The fraction of sp³-hybridized carbons (Fsp3) is 0.538. The van der Waals surface area contributed by atoms with Crippen LogP contribution in [0.1, 0.15) is 37.2 Å². The molecule has 104 valence electrons. The molecule has 0 aromatic carbocycles. The number of nitrogens with one attached hydrogen (secondary N) is 1. The van der Waals surface area contributed by atoms with Gasteiger partial charge >= 0.3 is 0 Å². The highest BCUT2D eigenvalue weighted by Gasteiger charge is 2.18. The van der Waals surface area contributed by atoms with Crippen LogP contribution in [-0.2, 0) is 13.0 Å². The molecule has 0 aliphatic heterocycles. The van der Waals surface area contributed by atoms with E-state index in [1.807, 2.05) is 23.7 Å². The first-order valence-electron chi connectivity index (χ1n) is 6.49. The SMILES string of the molecule is Cc1ccc(C(Cc2ncnn2CC(C)C)NN)o1. The molecule has 6 nitrogen and oxygen atoms in total. The van der Waals surface area contributed by atoms with Crippen molar-refractivity contribution in [3.8, 4) is 0 Å². The van der Waals surface area contributed by atoms with Gasteiger partial charge in [0.1, 0.15) is 23.7 Å². The maximum Gasteiger partial charge on any atom is 0.138 e. The average molecular weight is 263 g/mol. The lowest BCUT2D eigenvalue weighted by Gasteiger charge is -2.14. The van der Waals surface area contributed by atoms with E-state index in [1.165, 1.54) is 0 Å². The van der Waals surface area contributed by atoms with Gasteiger partial charge in [-0.1, -0.05) is 13.8 Å². The molecule has 0 spiro atoms. The zero-order valence-corrected chi connectivity index (χ0v) is 11.6. The van der Waals surface area contributed by atoms with Gasteiger partial charge in [0.25, 0.3) is 0 Å². The monoisotopic (exact) mass is 263 g/mol. The first-order chi connectivity index (χ1) is 9.10. The summed E-state index contributed by atoms with van der Waals surface area (Å²) in [5.41, 5.74) is 2.78. The molecule has 3 N–H and O–H groups in total. The molecular weight excluding hydrogens is 242 g/mol. The molecule has 2 heterocycles. The molecule has 1 unspecified atom stereocenters. The van der Waals surface area contributed by atoms with Crippen molar-refractivity contribution < 1.29 is 4.42 Å². The van der Waals surface area contributed by atoms with Gasteiger partial charge in [0.2, 0.25) is 0 Å². The van der Waals surface area contributed by atoms with Crippen LogP contribution in [0.15, 0.2) is 22.9 Å². The van der Waals surface area contributed by atoms with E-state index in [0.29, 0.717) is 12.3 Å². The van der Waals surface area contributed by atoms with E-state index in [9.17, 15) is 0 Å². The van der Waals surface area contributed by atoms with Crippen LogP contribution < -0.4 is 11.3 Å². The zero-order valence-electron chi connectivity index (χ0n) is 11.6. The van der Waals surface area contributed by atoms with Gasteiger partial charge in [-0.2, -0.15) is 5.10 Å². The summed E-state index contributed by atoms with van der Waals surface area (Å²) in [5.74, 6) is 8.74. The molecule has 0 saturated carbocycles. The second-order valence-electron chi connectivity index (χ2n) is 5.12. The largest absolute Gasteiger partial charge is 0.465 e. The minimum Gasteiger partial charge on any atom is -0.465 e. The molecule has 2 aromatic heterocycles. The molecular formula is C13H21N5O. The number of nitrogens with two attached hydrogens (primary N) is 1. The third kappa shape index (κ3) is 3.42. The number of furan rings is 1. The molecule has 2 rings (SSSR count). The fourth-order valence-corrected chi connectivity index (χ4v) is 2.01. The number of aromatic nitrogens is 3. The summed E-state index contributed by atoms with van der Waals surface area (Å²) in [6.45, 7) is 7.07. The second kappa shape index (κ2) is 5.99. The Kier molecular flexibility index (Phi) is 4.34. The molecule has 19 heavy (non-hydrogen) atoms. The molecule has 0 saturated heterocycles. The summed E-state index contributed by atoms with van der Waals surface area (Å²) >= 11 is 0. The summed E-state index contributed by atoms with van der Waals surface area (Å²) in [4.78, 5) is 4.30. The molecule has 1 atom stereocenters. The molecule has 0 amide bonds. The number of nitrogens with zero attached hydrogens (tertiary/aromatic N) is 3. The lowest BCUT2D eigenvalue weighted by molar-refractivity contribution is 0.387. The van der Waals surface area contributed by atoms with E-state index >= 15 is 0 Å². The molecule has 2 aromatic rings. The average Bonchev–Trinajstić information content (AvgIpc) is 2.95. The van der Waals surface area contributed by atoms with Crippen LogP contribution in [0, 0.1) is 12.8 Å². The summed E-state index contributed by atoms with van der Waals surface area (Å²) < 4.78 is 7.53. The molecule has 0 aliphatic rings. The van der Waals surface area contributed by atoms with Gasteiger partial charge in [0.15, 0.2) is 0 Å². The van der Waals surface area contributed by atoms with Crippen LogP contribution in [0.2, 0.25) is 0 Å². The van der Waals surface area contributed by atoms with Crippen molar-refractivity contribution in [2.24, 2.45) is 11.8 Å². The van der Waals surface area contributed by atoms with Gasteiger partial charge in [0, 0.05) is 13.0 Å². The van der Waals surface area contributed by atoms with Crippen molar-refractivity contribution in [2.75, 3.05) is 0 Å². The Hall–Kier alpha value is -1.66. The molecule has 0 fully saturated rings. The Balaban J connectivity index is 2.12.